The van der Waals surface area contributed by atoms with Gasteiger partial charge in [0.05, 0.1) is 5.56 Å². The molecule has 0 aromatic heterocycles. The van der Waals surface area contributed by atoms with Crippen molar-refractivity contribution in [2.45, 2.75) is 6.61 Å². The van der Waals surface area contributed by atoms with Crippen molar-refractivity contribution in [1.82, 2.24) is 0 Å². The van der Waals surface area contributed by atoms with Crippen molar-refractivity contribution >= 4 is 35.1 Å². The number of ether oxygens (including phenoxy) is 2. The highest BCUT2D eigenvalue weighted by Gasteiger charge is 2.28. The van der Waals surface area contributed by atoms with E-state index in [0.717, 1.165) is 5.56 Å². The summed E-state index contributed by atoms with van der Waals surface area (Å²) in [6, 6.07) is 20.2. The van der Waals surface area contributed by atoms with E-state index in [2.05, 4.69) is 0 Å². The zero-order valence-electron chi connectivity index (χ0n) is 14.1. The first-order valence-electron chi connectivity index (χ1n) is 8.31. The number of carbonyl (C=O) groups is 1. The second-order valence-electron chi connectivity index (χ2n) is 6.01. The molecule has 0 fully saturated rings. The first-order valence-corrected chi connectivity index (χ1v) is 9.06. The molecule has 1 heterocycles. The maximum Gasteiger partial charge on any atom is 0.231 e. The lowest BCUT2D eigenvalue weighted by molar-refractivity contribution is 0.101. The molecule has 1 aliphatic rings. The van der Waals surface area contributed by atoms with Crippen LogP contribution in [0, 0.1) is 0 Å². The fourth-order valence-electron chi connectivity index (χ4n) is 2.78. The number of hydrogen-bond donors (Lipinski definition) is 0. The number of hydrogen-bond acceptors (Lipinski definition) is 3. The average Bonchev–Trinajstić information content (AvgIpc) is 2.99. The molecule has 0 bridgehead atoms. The van der Waals surface area contributed by atoms with Gasteiger partial charge in [-0.05, 0) is 35.9 Å². The summed E-state index contributed by atoms with van der Waals surface area (Å²) in [7, 11) is 0. The Morgan fingerprint density at radius 3 is 2.41 bits per heavy atom. The van der Waals surface area contributed by atoms with Crippen LogP contribution in [0.3, 0.4) is 0 Å². The molecule has 4 rings (SSSR count). The van der Waals surface area contributed by atoms with Gasteiger partial charge in [0, 0.05) is 21.7 Å². The lowest BCUT2D eigenvalue weighted by Gasteiger charge is -2.07. The molecule has 5 heteroatoms. The predicted molar refractivity (Wildman–Crippen MR) is 107 cm³/mol. The summed E-state index contributed by atoms with van der Waals surface area (Å²) in [5.74, 6) is 1.05. The highest BCUT2D eigenvalue weighted by Crippen LogP contribution is 2.36. The predicted octanol–water partition coefficient (Wildman–Crippen LogP) is 6.19. The van der Waals surface area contributed by atoms with Crippen molar-refractivity contribution in [2.24, 2.45) is 0 Å². The van der Waals surface area contributed by atoms with Crippen LogP contribution in [0.25, 0.3) is 6.08 Å². The van der Waals surface area contributed by atoms with E-state index in [9.17, 15) is 4.79 Å². The Kier molecular flexibility index (Phi) is 4.88. The van der Waals surface area contributed by atoms with Crippen molar-refractivity contribution in [3.8, 4) is 11.5 Å². The highest BCUT2D eigenvalue weighted by atomic mass is 35.5. The molecule has 0 radical (unpaired) electrons. The molecule has 27 heavy (non-hydrogen) atoms. The number of allylic oxidation sites excluding steroid dienone is 1. The zero-order chi connectivity index (χ0) is 18.8. The fraction of sp³-hybridized carbons (Fsp3) is 0.0455. The summed E-state index contributed by atoms with van der Waals surface area (Å²) in [5.41, 5.74) is 2.10. The monoisotopic (exact) mass is 396 g/mol. The first-order chi connectivity index (χ1) is 13.1. The van der Waals surface area contributed by atoms with E-state index in [1.54, 1.807) is 42.5 Å². The fourth-order valence-corrected chi connectivity index (χ4v) is 3.28. The van der Waals surface area contributed by atoms with Gasteiger partial charge in [0.2, 0.25) is 5.78 Å². The van der Waals surface area contributed by atoms with Crippen molar-refractivity contribution in [1.29, 1.82) is 0 Å². The van der Waals surface area contributed by atoms with Gasteiger partial charge in [0.15, 0.2) is 5.76 Å². The molecule has 0 spiro atoms. The summed E-state index contributed by atoms with van der Waals surface area (Å²) in [6.07, 6.45) is 1.57. The summed E-state index contributed by atoms with van der Waals surface area (Å²) >= 11 is 12.4. The van der Waals surface area contributed by atoms with Crippen molar-refractivity contribution < 1.29 is 14.3 Å². The SMILES string of the molecule is O=C1/C(=C\c2c(Cl)cccc2Cl)Oc2cc(OCc3ccccc3)ccc21. The number of ketones is 1. The van der Waals surface area contributed by atoms with E-state index in [1.807, 2.05) is 30.3 Å². The second-order valence-corrected chi connectivity index (χ2v) is 6.82. The Morgan fingerprint density at radius 1 is 0.926 bits per heavy atom. The summed E-state index contributed by atoms with van der Waals surface area (Å²) in [5, 5.41) is 0.906. The number of Topliss-reactive ketones (excluding diaryl/α,β-unsaturated/α-hetero) is 1. The van der Waals surface area contributed by atoms with E-state index in [4.69, 9.17) is 32.7 Å². The molecule has 0 saturated carbocycles. The quantitative estimate of drug-likeness (QED) is 0.493. The highest BCUT2D eigenvalue weighted by molar-refractivity contribution is 6.37. The molecule has 0 saturated heterocycles. The van der Waals surface area contributed by atoms with Crippen LogP contribution in [0.15, 0.2) is 72.5 Å². The van der Waals surface area contributed by atoms with Gasteiger partial charge >= 0.3 is 0 Å². The molecule has 134 valence electrons. The van der Waals surface area contributed by atoms with Crippen LogP contribution >= 0.6 is 23.2 Å². The van der Waals surface area contributed by atoms with Gasteiger partial charge in [-0.25, -0.2) is 0 Å². The normalized spacial score (nSPS) is 14.1. The molecule has 3 aromatic carbocycles. The van der Waals surface area contributed by atoms with Gasteiger partial charge in [-0.2, -0.15) is 0 Å². The lowest BCUT2D eigenvalue weighted by Crippen LogP contribution is -1.98. The van der Waals surface area contributed by atoms with Crippen LogP contribution in [0.4, 0.5) is 0 Å². The minimum atomic E-state index is -0.212. The number of rotatable bonds is 4. The van der Waals surface area contributed by atoms with Gasteiger partial charge in [0.1, 0.15) is 18.1 Å². The van der Waals surface area contributed by atoms with Crippen LogP contribution in [-0.2, 0) is 6.61 Å². The average molecular weight is 397 g/mol. The largest absolute Gasteiger partial charge is 0.489 e. The Morgan fingerprint density at radius 2 is 1.67 bits per heavy atom. The number of fused-ring (bicyclic) bond motifs is 1. The van der Waals surface area contributed by atoms with Gasteiger partial charge in [0.25, 0.3) is 0 Å². The van der Waals surface area contributed by atoms with Gasteiger partial charge in [-0.15, -0.1) is 0 Å². The number of carbonyl (C=O) groups excluding carboxylic acids is 1. The Bertz CT molecular complexity index is 1020. The maximum atomic E-state index is 12.6. The maximum absolute atomic E-state index is 12.6. The molecule has 0 aliphatic carbocycles. The molecule has 0 unspecified atom stereocenters. The lowest BCUT2D eigenvalue weighted by atomic mass is 10.1. The number of halogens is 2. The van der Waals surface area contributed by atoms with Crippen LogP contribution in [0.2, 0.25) is 10.0 Å². The third-order valence-corrected chi connectivity index (χ3v) is 4.82. The van der Waals surface area contributed by atoms with Gasteiger partial charge < -0.3 is 9.47 Å². The van der Waals surface area contributed by atoms with Gasteiger partial charge in [-0.3, -0.25) is 4.79 Å². The molecule has 0 amide bonds. The minimum Gasteiger partial charge on any atom is -0.489 e. The van der Waals surface area contributed by atoms with Crippen molar-refractivity contribution in [3.05, 3.63) is 99.2 Å². The van der Waals surface area contributed by atoms with E-state index in [1.165, 1.54) is 0 Å². The Hall–Kier alpha value is -2.75. The van der Waals surface area contributed by atoms with Crippen LogP contribution in [0.1, 0.15) is 21.5 Å². The number of benzene rings is 3. The molecule has 0 atom stereocenters. The summed E-state index contributed by atoms with van der Waals surface area (Å²) in [4.78, 5) is 12.6. The van der Waals surface area contributed by atoms with Crippen LogP contribution < -0.4 is 9.47 Å². The minimum absolute atomic E-state index is 0.181. The second kappa shape index (κ2) is 7.47. The van der Waals surface area contributed by atoms with E-state index in [-0.39, 0.29) is 11.5 Å². The first kappa shape index (κ1) is 17.7. The Balaban J connectivity index is 1.56. The smallest absolute Gasteiger partial charge is 0.231 e. The van der Waals surface area contributed by atoms with E-state index < -0.39 is 0 Å². The molecule has 3 aromatic rings. The van der Waals surface area contributed by atoms with Gasteiger partial charge in [-0.1, -0.05) is 59.6 Å². The van der Waals surface area contributed by atoms with Crippen LogP contribution in [-0.4, -0.2) is 5.78 Å². The third kappa shape index (κ3) is 3.70. The molecule has 0 N–H and O–H groups in total. The van der Waals surface area contributed by atoms with E-state index in [0.29, 0.717) is 39.3 Å². The standard InChI is InChI=1S/C22H14Cl2O3/c23-18-7-4-8-19(24)17(18)12-21-22(25)16-10-9-15(11-20(16)27-21)26-13-14-5-2-1-3-6-14/h1-12H,13H2/b21-12+. The topological polar surface area (TPSA) is 35.5 Å². The summed E-state index contributed by atoms with van der Waals surface area (Å²) < 4.78 is 11.5. The van der Waals surface area contributed by atoms with Crippen LogP contribution in [0.5, 0.6) is 11.5 Å². The molecule has 3 nitrogen and oxygen atoms in total. The van der Waals surface area contributed by atoms with Crippen molar-refractivity contribution in [3.63, 3.8) is 0 Å². The molecular weight excluding hydrogens is 383 g/mol. The van der Waals surface area contributed by atoms with Crippen molar-refractivity contribution in [2.75, 3.05) is 0 Å². The zero-order valence-corrected chi connectivity index (χ0v) is 15.6. The summed E-state index contributed by atoms with van der Waals surface area (Å²) in [6.45, 7) is 0.436. The molecular formula is C22H14Cl2O3. The Labute approximate surface area is 166 Å². The molecule has 1 aliphatic heterocycles. The third-order valence-electron chi connectivity index (χ3n) is 4.16. The van der Waals surface area contributed by atoms with E-state index >= 15 is 0 Å².